The van der Waals surface area contributed by atoms with Gasteiger partial charge < -0.3 is 10.0 Å². The number of carboxylic acids is 1. The molecule has 9 heteroatoms. The molecule has 0 fully saturated rings. The number of halogens is 2. The van der Waals surface area contributed by atoms with Gasteiger partial charge >= 0.3 is 5.97 Å². The number of aromatic carboxylic acids is 1. The molecule has 0 aliphatic carbocycles. The number of carboxylic acid groups (broad SMARTS) is 1. The number of hydrogen-bond acceptors (Lipinski definition) is 4. The maximum absolute atomic E-state index is 12.5. The van der Waals surface area contributed by atoms with Crippen LogP contribution in [0.5, 0.6) is 0 Å². The van der Waals surface area contributed by atoms with E-state index in [1.54, 1.807) is 23.1 Å². The molecular formula is C15H16Cl2N4O3. The molecule has 0 aliphatic heterocycles. The van der Waals surface area contributed by atoms with Crippen molar-refractivity contribution in [2.24, 2.45) is 0 Å². The Hall–Kier alpha value is -2.12. The van der Waals surface area contributed by atoms with E-state index in [0.29, 0.717) is 16.6 Å². The lowest BCUT2D eigenvalue weighted by atomic mass is 10.2. The summed E-state index contributed by atoms with van der Waals surface area (Å²) in [6, 6.07) is 5.13. The van der Waals surface area contributed by atoms with Gasteiger partial charge in [-0.15, -0.1) is 5.10 Å². The molecule has 1 N–H and O–H groups in total. The van der Waals surface area contributed by atoms with Crippen molar-refractivity contribution in [3.8, 4) is 0 Å². The molecule has 0 atom stereocenters. The number of nitrogens with zero attached hydrogens (tertiary/aromatic N) is 4. The molecule has 1 aromatic heterocycles. The van der Waals surface area contributed by atoms with Crippen molar-refractivity contribution >= 4 is 35.1 Å². The van der Waals surface area contributed by atoms with Gasteiger partial charge in [0.25, 0.3) is 0 Å². The summed E-state index contributed by atoms with van der Waals surface area (Å²) >= 11 is 11.9. The van der Waals surface area contributed by atoms with Gasteiger partial charge in [0.05, 0.1) is 16.2 Å². The van der Waals surface area contributed by atoms with E-state index in [1.807, 2.05) is 13.8 Å². The highest BCUT2D eigenvalue weighted by atomic mass is 35.5. The number of amides is 1. The van der Waals surface area contributed by atoms with E-state index >= 15 is 0 Å². The minimum atomic E-state index is -1.19. The fourth-order valence-electron chi connectivity index (χ4n) is 2.10. The molecule has 0 spiro atoms. The van der Waals surface area contributed by atoms with Gasteiger partial charge in [-0.25, -0.2) is 9.48 Å². The third kappa shape index (κ3) is 4.46. The summed E-state index contributed by atoms with van der Waals surface area (Å²) in [6.45, 7) is 4.03. The van der Waals surface area contributed by atoms with Crippen LogP contribution < -0.4 is 0 Å². The van der Waals surface area contributed by atoms with Crippen molar-refractivity contribution in [3.05, 3.63) is 45.7 Å². The largest absolute Gasteiger partial charge is 0.476 e. The Balaban J connectivity index is 2.12. The molecule has 0 aliphatic rings. The van der Waals surface area contributed by atoms with E-state index < -0.39 is 5.97 Å². The number of carbonyl (C=O) groups excluding carboxylic acids is 1. The van der Waals surface area contributed by atoms with Crippen LogP contribution in [0, 0.1) is 0 Å². The first kappa shape index (κ1) is 18.2. The van der Waals surface area contributed by atoms with Crippen molar-refractivity contribution in [1.82, 2.24) is 19.9 Å². The number of benzene rings is 1. The van der Waals surface area contributed by atoms with Gasteiger partial charge in [-0.2, -0.15) is 0 Å². The van der Waals surface area contributed by atoms with Crippen molar-refractivity contribution in [2.75, 3.05) is 0 Å². The fourth-order valence-corrected chi connectivity index (χ4v) is 2.42. The zero-order valence-electron chi connectivity index (χ0n) is 13.1. The lowest BCUT2D eigenvalue weighted by Crippen LogP contribution is -2.38. The van der Waals surface area contributed by atoms with Crippen molar-refractivity contribution in [1.29, 1.82) is 0 Å². The first-order valence-electron chi connectivity index (χ1n) is 7.14. The van der Waals surface area contributed by atoms with Crippen LogP contribution in [-0.4, -0.2) is 42.9 Å². The average Bonchev–Trinajstić information content (AvgIpc) is 2.96. The molecule has 1 heterocycles. The van der Waals surface area contributed by atoms with E-state index in [9.17, 15) is 9.59 Å². The zero-order valence-corrected chi connectivity index (χ0v) is 14.6. The highest BCUT2D eigenvalue weighted by Gasteiger charge is 2.19. The second kappa shape index (κ2) is 7.63. The van der Waals surface area contributed by atoms with Gasteiger partial charge in [0.2, 0.25) is 5.91 Å². The number of carbonyl (C=O) groups is 2. The van der Waals surface area contributed by atoms with Crippen LogP contribution in [0.4, 0.5) is 0 Å². The Morgan fingerprint density at radius 3 is 2.54 bits per heavy atom. The Bertz CT molecular complexity index is 761. The van der Waals surface area contributed by atoms with Crippen molar-refractivity contribution in [2.45, 2.75) is 33.0 Å². The van der Waals surface area contributed by atoms with Crippen LogP contribution >= 0.6 is 23.2 Å². The maximum Gasteiger partial charge on any atom is 0.358 e. The Morgan fingerprint density at radius 1 is 1.29 bits per heavy atom. The molecule has 0 unspecified atom stereocenters. The normalized spacial score (nSPS) is 10.9. The number of aromatic nitrogens is 3. The topological polar surface area (TPSA) is 88.3 Å². The smallest absolute Gasteiger partial charge is 0.358 e. The van der Waals surface area contributed by atoms with Crippen molar-refractivity contribution < 1.29 is 14.7 Å². The van der Waals surface area contributed by atoms with E-state index in [-0.39, 0.29) is 24.2 Å². The minimum absolute atomic E-state index is 0.0607. The Kier molecular flexibility index (Phi) is 5.80. The Labute approximate surface area is 148 Å². The predicted molar refractivity (Wildman–Crippen MR) is 89.1 cm³/mol. The highest BCUT2D eigenvalue weighted by molar-refractivity contribution is 6.42. The van der Waals surface area contributed by atoms with Crippen LogP contribution in [0.2, 0.25) is 10.0 Å². The lowest BCUT2D eigenvalue weighted by molar-refractivity contribution is -0.134. The number of rotatable bonds is 6. The quantitative estimate of drug-likeness (QED) is 0.844. The van der Waals surface area contributed by atoms with Gasteiger partial charge in [-0.1, -0.05) is 34.5 Å². The summed E-state index contributed by atoms with van der Waals surface area (Å²) < 4.78 is 1.20. The molecule has 128 valence electrons. The molecule has 1 aromatic carbocycles. The van der Waals surface area contributed by atoms with Gasteiger partial charge in [0.15, 0.2) is 5.69 Å². The Morgan fingerprint density at radius 2 is 2.00 bits per heavy atom. The van der Waals surface area contributed by atoms with Crippen LogP contribution in [0.1, 0.15) is 29.9 Å². The summed E-state index contributed by atoms with van der Waals surface area (Å²) in [4.78, 5) is 25.0. The van der Waals surface area contributed by atoms with E-state index in [2.05, 4.69) is 10.3 Å². The molecule has 7 nitrogen and oxygen atoms in total. The van der Waals surface area contributed by atoms with Crippen LogP contribution in [0.3, 0.4) is 0 Å². The monoisotopic (exact) mass is 370 g/mol. The molecular weight excluding hydrogens is 355 g/mol. The van der Waals surface area contributed by atoms with Crippen LogP contribution in [0.25, 0.3) is 0 Å². The minimum Gasteiger partial charge on any atom is -0.476 e. The van der Waals surface area contributed by atoms with E-state index in [0.717, 1.165) is 5.56 Å². The molecule has 2 rings (SSSR count). The second-order valence-corrected chi connectivity index (χ2v) is 6.28. The third-order valence-electron chi connectivity index (χ3n) is 3.34. The predicted octanol–water partition coefficient (Wildman–Crippen LogP) is 2.72. The molecule has 0 saturated heterocycles. The van der Waals surface area contributed by atoms with Gasteiger partial charge in [-0.05, 0) is 31.5 Å². The summed E-state index contributed by atoms with van der Waals surface area (Å²) in [5.41, 5.74) is 0.639. The zero-order chi connectivity index (χ0) is 17.9. The van der Waals surface area contributed by atoms with E-state index in [1.165, 1.54) is 10.9 Å². The number of hydrogen-bond donors (Lipinski definition) is 1. The summed E-state index contributed by atoms with van der Waals surface area (Å²) in [7, 11) is 0. The van der Waals surface area contributed by atoms with Crippen molar-refractivity contribution in [3.63, 3.8) is 0 Å². The average molecular weight is 371 g/mol. The van der Waals surface area contributed by atoms with Crippen LogP contribution in [0.15, 0.2) is 24.4 Å². The summed E-state index contributed by atoms with van der Waals surface area (Å²) in [6.07, 6.45) is 1.22. The molecule has 1 amide bonds. The fraction of sp³-hybridized carbons (Fsp3) is 0.333. The third-order valence-corrected chi connectivity index (χ3v) is 4.07. The standard InChI is InChI=1S/C15H16Cl2N4O3/c1-9(2)21(6-10-3-4-11(16)12(17)5-10)14(22)8-20-7-13(15(23)24)18-19-20/h3-5,7,9H,6,8H2,1-2H3,(H,23,24). The molecule has 0 saturated carbocycles. The maximum atomic E-state index is 12.5. The molecule has 0 bridgehead atoms. The SMILES string of the molecule is CC(C)N(Cc1ccc(Cl)c(Cl)c1)C(=O)Cn1cc(C(=O)O)nn1. The van der Waals surface area contributed by atoms with E-state index in [4.69, 9.17) is 28.3 Å². The highest BCUT2D eigenvalue weighted by Crippen LogP contribution is 2.23. The first-order chi connectivity index (χ1) is 11.3. The summed E-state index contributed by atoms with van der Waals surface area (Å²) in [5.74, 6) is -1.40. The van der Waals surface area contributed by atoms with Gasteiger partial charge in [-0.3, -0.25) is 4.79 Å². The van der Waals surface area contributed by atoms with Gasteiger partial charge in [0, 0.05) is 12.6 Å². The molecule has 24 heavy (non-hydrogen) atoms. The lowest BCUT2D eigenvalue weighted by Gasteiger charge is -2.27. The second-order valence-electron chi connectivity index (χ2n) is 5.47. The molecule has 2 aromatic rings. The van der Waals surface area contributed by atoms with Crippen LogP contribution in [-0.2, 0) is 17.9 Å². The first-order valence-corrected chi connectivity index (χ1v) is 7.90. The van der Waals surface area contributed by atoms with Gasteiger partial charge in [0.1, 0.15) is 6.54 Å². The molecule has 0 radical (unpaired) electrons. The summed E-state index contributed by atoms with van der Waals surface area (Å²) in [5, 5.41) is 16.9.